The molecule has 0 aliphatic heterocycles. The van der Waals surface area contributed by atoms with E-state index in [0.717, 1.165) is 32.7 Å². The second-order valence-corrected chi connectivity index (χ2v) is 6.73. The molecule has 25 heavy (non-hydrogen) atoms. The summed E-state index contributed by atoms with van der Waals surface area (Å²) in [5, 5.41) is 11.7. The first-order valence-corrected chi connectivity index (χ1v) is 8.57. The van der Waals surface area contributed by atoms with Crippen LogP contribution < -0.4 is 10.6 Å². The molecule has 1 heterocycles. The summed E-state index contributed by atoms with van der Waals surface area (Å²) < 4.78 is 1.78. The van der Waals surface area contributed by atoms with Crippen LogP contribution in [0.5, 0.6) is 0 Å². The van der Waals surface area contributed by atoms with Crippen molar-refractivity contribution in [3.63, 3.8) is 0 Å². The molecule has 2 aromatic carbocycles. The second-order valence-electron chi connectivity index (χ2n) is 6.32. The zero-order valence-corrected chi connectivity index (χ0v) is 15.3. The highest BCUT2D eigenvalue weighted by molar-refractivity contribution is 6.31. The quantitative estimate of drug-likeness (QED) is 0.713. The number of aryl methyl sites for hydroxylation is 1. The van der Waals surface area contributed by atoms with Crippen molar-refractivity contribution in [3.8, 4) is 0 Å². The number of rotatable bonds is 4. The number of hydrogen-bond acceptors (Lipinski definition) is 2. The molecule has 5 nitrogen and oxygen atoms in total. The third-order valence-corrected chi connectivity index (χ3v) is 4.52. The lowest BCUT2D eigenvalue weighted by molar-refractivity contribution is 0.252. The summed E-state index contributed by atoms with van der Waals surface area (Å²) in [6.45, 7) is 4.63. The first kappa shape index (κ1) is 17.3. The summed E-state index contributed by atoms with van der Waals surface area (Å²) in [4.78, 5) is 12.2. The molecule has 1 aromatic heterocycles. The number of urea groups is 1. The summed E-state index contributed by atoms with van der Waals surface area (Å²) in [6, 6.07) is 11.3. The number of fused-ring (bicyclic) bond motifs is 1. The number of nitrogens with zero attached hydrogens (tertiary/aromatic N) is 2. The Kier molecular flexibility index (Phi) is 4.95. The van der Waals surface area contributed by atoms with Crippen molar-refractivity contribution in [1.29, 1.82) is 0 Å². The van der Waals surface area contributed by atoms with Crippen LogP contribution in [0.15, 0.2) is 42.6 Å². The summed E-state index contributed by atoms with van der Waals surface area (Å²) in [6.07, 6.45) is 1.75. The Morgan fingerprint density at radius 2 is 2.08 bits per heavy atom. The minimum atomic E-state index is -0.252. The summed E-state index contributed by atoms with van der Waals surface area (Å²) in [7, 11) is 1.87. The molecule has 0 aliphatic carbocycles. The third-order valence-electron chi connectivity index (χ3n) is 4.18. The van der Waals surface area contributed by atoms with E-state index >= 15 is 0 Å². The van der Waals surface area contributed by atoms with Crippen LogP contribution in [0.25, 0.3) is 10.9 Å². The molecule has 0 saturated heterocycles. The Labute approximate surface area is 152 Å². The van der Waals surface area contributed by atoms with Gasteiger partial charge in [0.15, 0.2) is 0 Å². The number of halogens is 1. The molecule has 0 aliphatic rings. The maximum Gasteiger partial charge on any atom is 0.319 e. The van der Waals surface area contributed by atoms with Crippen LogP contribution in [0.3, 0.4) is 0 Å². The monoisotopic (exact) mass is 356 g/mol. The van der Waals surface area contributed by atoms with Crippen LogP contribution in [0.4, 0.5) is 10.5 Å². The molecule has 3 rings (SSSR count). The molecule has 0 radical (unpaired) electrons. The van der Waals surface area contributed by atoms with Crippen LogP contribution in [-0.2, 0) is 13.6 Å². The van der Waals surface area contributed by atoms with Gasteiger partial charge in [-0.25, -0.2) is 4.79 Å². The van der Waals surface area contributed by atoms with Crippen LogP contribution in [0, 0.1) is 0 Å². The molecule has 130 valence electrons. The number of aromatic nitrogens is 2. The van der Waals surface area contributed by atoms with E-state index in [0.29, 0.717) is 12.5 Å². The number of anilines is 1. The van der Waals surface area contributed by atoms with E-state index in [-0.39, 0.29) is 6.03 Å². The van der Waals surface area contributed by atoms with Gasteiger partial charge in [0.05, 0.1) is 17.4 Å². The van der Waals surface area contributed by atoms with Gasteiger partial charge >= 0.3 is 6.03 Å². The Bertz CT molecular complexity index is 917. The number of carbonyl (C=O) groups is 1. The van der Waals surface area contributed by atoms with Crippen molar-refractivity contribution in [1.82, 2.24) is 15.1 Å². The van der Waals surface area contributed by atoms with E-state index in [2.05, 4.69) is 29.6 Å². The van der Waals surface area contributed by atoms with Gasteiger partial charge in [0.2, 0.25) is 0 Å². The molecule has 0 atom stereocenters. The van der Waals surface area contributed by atoms with Crippen molar-refractivity contribution < 1.29 is 4.79 Å². The largest absolute Gasteiger partial charge is 0.334 e. The summed E-state index contributed by atoms with van der Waals surface area (Å²) in [5.74, 6) is 0.337. The predicted octanol–water partition coefficient (Wildman–Crippen LogP) is 4.67. The Morgan fingerprint density at radius 1 is 1.28 bits per heavy atom. The molecule has 0 unspecified atom stereocenters. The molecular formula is C19H21ClN4O. The minimum absolute atomic E-state index is 0.252. The van der Waals surface area contributed by atoms with E-state index in [1.807, 2.05) is 43.4 Å². The van der Waals surface area contributed by atoms with Gasteiger partial charge in [0, 0.05) is 24.0 Å². The highest BCUT2D eigenvalue weighted by Gasteiger charge is 2.09. The average molecular weight is 357 g/mol. The average Bonchev–Trinajstić information content (AvgIpc) is 2.96. The predicted molar refractivity (Wildman–Crippen MR) is 102 cm³/mol. The summed E-state index contributed by atoms with van der Waals surface area (Å²) >= 11 is 6.21. The van der Waals surface area contributed by atoms with Gasteiger partial charge in [-0.05, 0) is 35.2 Å². The standard InChI is InChI=1S/C19H21ClN4O/c1-12(2)14-9-13(7-8-16(14)20)10-21-19(25)23-17-5-4-6-18-15(17)11-22-24(18)3/h4-9,11-12H,10H2,1-3H3,(H2,21,23,25). The fourth-order valence-corrected chi connectivity index (χ4v) is 3.12. The number of carbonyl (C=O) groups excluding carboxylic acids is 1. The Morgan fingerprint density at radius 3 is 2.84 bits per heavy atom. The van der Waals surface area contributed by atoms with Gasteiger partial charge in [-0.15, -0.1) is 0 Å². The van der Waals surface area contributed by atoms with Gasteiger partial charge in [-0.1, -0.05) is 43.6 Å². The molecule has 2 N–H and O–H groups in total. The molecule has 0 bridgehead atoms. The van der Waals surface area contributed by atoms with E-state index < -0.39 is 0 Å². The molecule has 6 heteroatoms. The van der Waals surface area contributed by atoms with Gasteiger partial charge in [0.1, 0.15) is 0 Å². The SMILES string of the molecule is CC(C)c1cc(CNC(=O)Nc2cccc3c2cnn3C)ccc1Cl. The van der Waals surface area contributed by atoms with Gasteiger partial charge in [-0.2, -0.15) is 5.10 Å². The van der Waals surface area contributed by atoms with Crippen molar-refractivity contribution in [2.24, 2.45) is 7.05 Å². The smallest absolute Gasteiger partial charge is 0.319 e. The number of amides is 2. The van der Waals surface area contributed by atoms with Crippen molar-refractivity contribution in [2.75, 3.05) is 5.32 Å². The van der Waals surface area contributed by atoms with Crippen LogP contribution in [0.2, 0.25) is 5.02 Å². The normalized spacial score (nSPS) is 11.1. The molecule has 0 spiro atoms. The zero-order chi connectivity index (χ0) is 18.0. The molecule has 3 aromatic rings. The van der Waals surface area contributed by atoms with E-state index in [1.165, 1.54) is 0 Å². The fraction of sp³-hybridized carbons (Fsp3) is 0.263. The molecule has 0 fully saturated rings. The van der Waals surface area contributed by atoms with E-state index in [9.17, 15) is 4.79 Å². The van der Waals surface area contributed by atoms with Crippen molar-refractivity contribution in [2.45, 2.75) is 26.3 Å². The van der Waals surface area contributed by atoms with Gasteiger partial charge in [0.25, 0.3) is 0 Å². The topological polar surface area (TPSA) is 59.0 Å². The Hall–Kier alpha value is -2.53. The molecular weight excluding hydrogens is 336 g/mol. The molecule has 2 amide bonds. The van der Waals surface area contributed by atoms with Crippen molar-refractivity contribution >= 4 is 34.2 Å². The third kappa shape index (κ3) is 3.77. The number of nitrogens with one attached hydrogen (secondary N) is 2. The van der Waals surface area contributed by atoms with E-state index in [1.54, 1.807) is 10.9 Å². The second kappa shape index (κ2) is 7.15. The van der Waals surface area contributed by atoms with E-state index in [4.69, 9.17) is 11.6 Å². The minimum Gasteiger partial charge on any atom is -0.334 e. The number of hydrogen-bond donors (Lipinski definition) is 2. The highest BCUT2D eigenvalue weighted by atomic mass is 35.5. The van der Waals surface area contributed by atoms with Crippen LogP contribution in [0.1, 0.15) is 30.9 Å². The first-order chi connectivity index (χ1) is 12.0. The number of benzene rings is 2. The Balaban J connectivity index is 1.68. The lowest BCUT2D eigenvalue weighted by Crippen LogP contribution is -2.28. The molecule has 0 saturated carbocycles. The van der Waals surface area contributed by atoms with Gasteiger partial charge < -0.3 is 10.6 Å². The fourth-order valence-electron chi connectivity index (χ4n) is 2.78. The maximum atomic E-state index is 12.2. The highest BCUT2D eigenvalue weighted by Crippen LogP contribution is 2.25. The maximum absolute atomic E-state index is 12.2. The zero-order valence-electron chi connectivity index (χ0n) is 14.5. The lowest BCUT2D eigenvalue weighted by Gasteiger charge is -2.12. The van der Waals surface area contributed by atoms with Gasteiger partial charge in [-0.3, -0.25) is 4.68 Å². The first-order valence-electron chi connectivity index (χ1n) is 8.19. The van der Waals surface area contributed by atoms with Crippen LogP contribution in [-0.4, -0.2) is 15.8 Å². The lowest BCUT2D eigenvalue weighted by atomic mass is 10.0. The van der Waals surface area contributed by atoms with Crippen LogP contribution >= 0.6 is 11.6 Å². The van der Waals surface area contributed by atoms with Crippen molar-refractivity contribution in [3.05, 3.63) is 58.7 Å². The summed E-state index contributed by atoms with van der Waals surface area (Å²) in [5.41, 5.74) is 3.81.